The van der Waals surface area contributed by atoms with Crippen LogP contribution >= 0.6 is 0 Å². The van der Waals surface area contributed by atoms with E-state index in [1.54, 1.807) is 12.1 Å². The summed E-state index contributed by atoms with van der Waals surface area (Å²) in [7, 11) is -3.73. The molecule has 142 valence electrons. The molecule has 0 spiro atoms. The second kappa shape index (κ2) is 8.22. The van der Waals surface area contributed by atoms with Crippen LogP contribution in [0.2, 0.25) is 0 Å². The SMILES string of the molecule is CC(C)C(CNS(=O)(=O)c1ccccc1C#N)N1CCc2ccccc2C1. The van der Waals surface area contributed by atoms with Gasteiger partial charge in [0.1, 0.15) is 6.07 Å². The molecular formula is C21H25N3O2S. The summed E-state index contributed by atoms with van der Waals surface area (Å²) in [5.41, 5.74) is 2.85. The lowest BCUT2D eigenvalue weighted by Gasteiger charge is -2.38. The number of rotatable bonds is 6. The van der Waals surface area contributed by atoms with Crippen molar-refractivity contribution in [2.45, 2.75) is 37.8 Å². The van der Waals surface area contributed by atoms with Gasteiger partial charge in [0.05, 0.1) is 10.5 Å². The highest BCUT2D eigenvalue weighted by atomic mass is 32.2. The van der Waals surface area contributed by atoms with Crippen molar-refractivity contribution < 1.29 is 8.42 Å². The number of benzene rings is 2. The summed E-state index contributed by atoms with van der Waals surface area (Å²) in [6.45, 7) is 6.29. The van der Waals surface area contributed by atoms with Crippen molar-refractivity contribution in [1.29, 1.82) is 5.26 Å². The van der Waals surface area contributed by atoms with Gasteiger partial charge in [-0.25, -0.2) is 13.1 Å². The molecule has 1 N–H and O–H groups in total. The lowest BCUT2D eigenvalue weighted by Crippen LogP contribution is -2.48. The molecule has 1 atom stereocenters. The summed E-state index contributed by atoms with van der Waals surface area (Å²) in [6.07, 6.45) is 0.976. The van der Waals surface area contributed by atoms with Crippen molar-refractivity contribution in [3.8, 4) is 6.07 Å². The highest BCUT2D eigenvalue weighted by molar-refractivity contribution is 7.89. The molecule has 0 aliphatic carbocycles. The molecule has 1 aliphatic rings. The molecule has 1 unspecified atom stereocenters. The molecule has 0 radical (unpaired) electrons. The molecule has 0 aromatic heterocycles. The standard InChI is InChI=1S/C21H25N3O2S/c1-16(2)20(24-12-11-17-7-3-4-9-19(17)15-24)14-23-27(25,26)21-10-6-5-8-18(21)13-22/h3-10,16,20,23H,11-12,14-15H2,1-2H3. The molecule has 0 amide bonds. The first-order valence-corrected chi connectivity index (χ1v) is 10.7. The van der Waals surface area contributed by atoms with Gasteiger partial charge in [0.25, 0.3) is 0 Å². The summed E-state index contributed by atoms with van der Waals surface area (Å²) in [6, 6.07) is 16.8. The van der Waals surface area contributed by atoms with Crippen LogP contribution in [0.1, 0.15) is 30.5 Å². The Morgan fingerprint density at radius 3 is 2.48 bits per heavy atom. The van der Waals surface area contributed by atoms with Crippen LogP contribution in [-0.4, -0.2) is 32.4 Å². The van der Waals surface area contributed by atoms with Crippen LogP contribution in [0.25, 0.3) is 0 Å². The smallest absolute Gasteiger partial charge is 0.241 e. The molecule has 6 heteroatoms. The lowest BCUT2D eigenvalue weighted by molar-refractivity contribution is 0.141. The average molecular weight is 384 g/mol. The number of hydrogen-bond acceptors (Lipinski definition) is 4. The largest absolute Gasteiger partial charge is 0.294 e. The van der Waals surface area contributed by atoms with E-state index in [0.717, 1.165) is 19.5 Å². The summed E-state index contributed by atoms with van der Waals surface area (Å²) < 4.78 is 28.2. The van der Waals surface area contributed by atoms with Gasteiger partial charge in [-0.3, -0.25) is 4.90 Å². The highest BCUT2D eigenvalue weighted by Crippen LogP contribution is 2.23. The Morgan fingerprint density at radius 2 is 1.78 bits per heavy atom. The minimum atomic E-state index is -3.73. The van der Waals surface area contributed by atoms with Crippen LogP contribution in [0.5, 0.6) is 0 Å². The fourth-order valence-corrected chi connectivity index (χ4v) is 4.86. The molecular weight excluding hydrogens is 358 g/mol. The minimum absolute atomic E-state index is 0.0407. The van der Waals surface area contributed by atoms with Gasteiger partial charge in [0, 0.05) is 25.7 Å². The van der Waals surface area contributed by atoms with E-state index in [4.69, 9.17) is 0 Å². The third-order valence-corrected chi connectivity index (χ3v) is 6.66. The fraction of sp³-hybridized carbons (Fsp3) is 0.381. The molecule has 2 aromatic rings. The molecule has 27 heavy (non-hydrogen) atoms. The second-order valence-corrected chi connectivity index (χ2v) is 9.00. The Hall–Kier alpha value is -2.20. The Kier molecular flexibility index (Phi) is 5.95. The first kappa shape index (κ1) is 19.6. The average Bonchev–Trinajstić information content (AvgIpc) is 2.67. The van der Waals surface area contributed by atoms with E-state index >= 15 is 0 Å². The van der Waals surface area contributed by atoms with Crippen LogP contribution in [0.4, 0.5) is 0 Å². The van der Waals surface area contributed by atoms with Crippen molar-refractivity contribution in [2.75, 3.05) is 13.1 Å². The zero-order chi connectivity index (χ0) is 19.4. The third kappa shape index (κ3) is 4.38. The summed E-state index contributed by atoms with van der Waals surface area (Å²) >= 11 is 0. The predicted octanol–water partition coefficient (Wildman–Crippen LogP) is 2.92. The van der Waals surface area contributed by atoms with Gasteiger partial charge in [-0.15, -0.1) is 0 Å². The van der Waals surface area contributed by atoms with Crippen molar-refractivity contribution in [3.63, 3.8) is 0 Å². The number of nitrogens with one attached hydrogen (secondary N) is 1. The van der Waals surface area contributed by atoms with E-state index in [1.807, 2.05) is 12.1 Å². The van der Waals surface area contributed by atoms with Gasteiger partial charge in [0.15, 0.2) is 0 Å². The first-order chi connectivity index (χ1) is 12.9. The summed E-state index contributed by atoms with van der Waals surface area (Å²) in [5.74, 6) is 0.296. The summed E-state index contributed by atoms with van der Waals surface area (Å²) in [5, 5.41) is 9.19. The van der Waals surface area contributed by atoms with Crippen LogP contribution in [0.3, 0.4) is 0 Å². The van der Waals surface area contributed by atoms with Gasteiger partial charge in [-0.2, -0.15) is 5.26 Å². The Balaban J connectivity index is 1.75. The fourth-order valence-electron chi connectivity index (χ4n) is 3.65. The first-order valence-electron chi connectivity index (χ1n) is 9.22. The Morgan fingerprint density at radius 1 is 1.11 bits per heavy atom. The van der Waals surface area contributed by atoms with Crippen molar-refractivity contribution >= 4 is 10.0 Å². The van der Waals surface area contributed by atoms with E-state index in [0.29, 0.717) is 12.5 Å². The quantitative estimate of drug-likeness (QED) is 0.832. The van der Waals surface area contributed by atoms with Crippen LogP contribution in [0, 0.1) is 17.2 Å². The minimum Gasteiger partial charge on any atom is -0.294 e. The Bertz CT molecular complexity index is 948. The van der Waals surface area contributed by atoms with Gasteiger partial charge >= 0.3 is 0 Å². The van der Waals surface area contributed by atoms with Gasteiger partial charge < -0.3 is 0 Å². The molecule has 0 fully saturated rings. The number of hydrogen-bond donors (Lipinski definition) is 1. The highest BCUT2D eigenvalue weighted by Gasteiger charge is 2.28. The van der Waals surface area contributed by atoms with Crippen molar-refractivity contribution in [2.24, 2.45) is 5.92 Å². The van der Waals surface area contributed by atoms with Crippen molar-refractivity contribution in [1.82, 2.24) is 9.62 Å². The van der Waals surface area contributed by atoms with E-state index in [2.05, 4.69) is 41.7 Å². The normalized spacial score (nSPS) is 15.9. The molecule has 2 aromatic carbocycles. The van der Waals surface area contributed by atoms with Gasteiger partial charge in [0.2, 0.25) is 10.0 Å². The van der Waals surface area contributed by atoms with Crippen LogP contribution in [0.15, 0.2) is 53.4 Å². The molecule has 1 aliphatic heterocycles. The zero-order valence-corrected chi connectivity index (χ0v) is 16.5. The summed E-state index contributed by atoms with van der Waals surface area (Å²) in [4.78, 5) is 2.39. The van der Waals surface area contributed by atoms with Crippen LogP contribution in [-0.2, 0) is 23.0 Å². The van der Waals surface area contributed by atoms with E-state index < -0.39 is 10.0 Å². The van der Waals surface area contributed by atoms with Gasteiger partial charge in [-0.1, -0.05) is 50.2 Å². The molecule has 0 saturated heterocycles. The van der Waals surface area contributed by atoms with Crippen molar-refractivity contribution in [3.05, 3.63) is 65.2 Å². The topological polar surface area (TPSA) is 73.2 Å². The lowest BCUT2D eigenvalue weighted by atomic mass is 9.95. The van der Waals surface area contributed by atoms with E-state index in [1.165, 1.54) is 23.3 Å². The van der Waals surface area contributed by atoms with Gasteiger partial charge in [-0.05, 0) is 35.6 Å². The maximum atomic E-state index is 12.7. The zero-order valence-electron chi connectivity index (χ0n) is 15.7. The number of sulfonamides is 1. The maximum absolute atomic E-state index is 12.7. The molecule has 0 bridgehead atoms. The predicted molar refractivity (Wildman–Crippen MR) is 106 cm³/mol. The number of nitriles is 1. The number of nitrogens with zero attached hydrogens (tertiary/aromatic N) is 2. The monoisotopic (exact) mass is 383 g/mol. The van der Waals surface area contributed by atoms with E-state index in [-0.39, 0.29) is 16.5 Å². The maximum Gasteiger partial charge on any atom is 0.241 e. The Labute approximate surface area is 161 Å². The van der Waals surface area contributed by atoms with Crippen LogP contribution < -0.4 is 4.72 Å². The molecule has 3 rings (SSSR count). The number of fused-ring (bicyclic) bond motifs is 1. The second-order valence-electron chi connectivity index (χ2n) is 7.26. The molecule has 1 heterocycles. The molecule has 0 saturated carbocycles. The molecule has 5 nitrogen and oxygen atoms in total. The third-order valence-electron chi connectivity index (χ3n) is 5.18. The van der Waals surface area contributed by atoms with E-state index in [9.17, 15) is 13.7 Å².